The fourth-order valence-electron chi connectivity index (χ4n) is 4.51. The Kier molecular flexibility index (Phi) is 11.3. The van der Waals surface area contributed by atoms with Gasteiger partial charge in [0.1, 0.15) is 24.1 Å². The number of methoxy groups -OCH3 is 2. The van der Waals surface area contributed by atoms with Gasteiger partial charge in [-0.3, -0.25) is 13.9 Å². The molecule has 1 unspecified atom stereocenters. The molecule has 11 heteroatoms. The summed E-state index contributed by atoms with van der Waals surface area (Å²) in [5.74, 6) is 0.216. The number of halogens is 1. The van der Waals surface area contributed by atoms with Crippen LogP contribution in [0.3, 0.4) is 0 Å². The molecule has 3 aromatic rings. The first-order chi connectivity index (χ1) is 20.2. The maximum Gasteiger partial charge on any atom is 0.264 e. The number of sulfonamides is 1. The summed E-state index contributed by atoms with van der Waals surface area (Å²) in [6, 6.07) is 17.7. The zero-order valence-electron chi connectivity index (χ0n) is 25.7. The normalized spacial score (nSPS) is 12.3. The van der Waals surface area contributed by atoms with Gasteiger partial charge in [0.05, 0.1) is 29.3 Å². The number of rotatable bonds is 12. The molecule has 0 saturated heterocycles. The van der Waals surface area contributed by atoms with E-state index in [0.29, 0.717) is 28.1 Å². The fourth-order valence-corrected chi connectivity index (χ4v) is 6.65. The van der Waals surface area contributed by atoms with Gasteiger partial charge in [0.2, 0.25) is 11.8 Å². The molecule has 0 fully saturated rings. The summed E-state index contributed by atoms with van der Waals surface area (Å²) in [5.41, 5.74) is 1.45. The van der Waals surface area contributed by atoms with Crippen LogP contribution in [0.4, 0.5) is 5.69 Å². The third kappa shape index (κ3) is 8.73. The predicted octanol–water partition coefficient (Wildman–Crippen LogP) is 5.69. The molecule has 9 nitrogen and oxygen atoms in total. The van der Waals surface area contributed by atoms with Crippen LogP contribution >= 0.6 is 15.9 Å². The van der Waals surface area contributed by atoms with Crippen molar-refractivity contribution in [3.63, 3.8) is 0 Å². The summed E-state index contributed by atoms with van der Waals surface area (Å²) in [6.07, 6.45) is 0.320. The Hall–Kier alpha value is -3.57. The van der Waals surface area contributed by atoms with Crippen molar-refractivity contribution in [3.8, 4) is 11.5 Å². The van der Waals surface area contributed by atoms with E-state index in [1.165, 1.54) is 24.1 Å². The number of carbonyl (C=O) groups is 2. The summed E-state index contributed by atoms with van der Waals surface area (Å²) < 4.78 is 40.4. The molecule has 0 spiro atoms. The first-order valence-electron chi connectivity index (χ1n) is 13.9. The second-order valence-electron chi connectivity index (χ2n) is 11.2. The summed E-state index contributed by atoms with van der Waals surface area (Å²) in [5, 5.41) is 2.97. The van der Waals surface area contributed by atoms with Crippen LogP contribution in [0.1, 0.15) is 45.2 Å². The van der Waals surface area contributed by atoms with Crippen molar-refractivity contribution in [2.24, 2.45) is 0 Å². The lowest BCUT2D eigenvalue weighted by atomic mass is 10.1. The minimum Gasteiger partial charge on any atom is -0.497 e. The second-order valence-corrected chi connectivity index (χ2v) is 13.9. The number of benzene rings is 3. The molecule has 0 heterocycles. The van der Waals surface area contributed by atoms with Crippen LogP contribution in [0.25, 0.3) is 0 Å². The highest BCUT2D eigenvalue weighted by molar-refractivity contribution is 9.10. The van der Waals surface area contributed by atoms with Gasteiger partial charge in [-0.1, -0.05) is 36.8 Å². The molecule has 0 radical (unpaired) electrons. The number of carbonyl (C=O) groups excluding carboxylic acids is 2. The quantitative estimate of drug-likeness (QED) is 0.265. The van der Waals surface area contributed by atoms with Gasteiger partial charge in [-0.2, -0.15) is 0 Å². The first-order valence-corrected chi connectivity index (χ1v) is 16.1. The van der Waals surface area contributed by atoms with Crippen molar-refractivity contribution in [1.82, 2.24) is 10.2 Å². The predicted molar refractivity (Wildman–Crippen MR) is 172 cm³/mol. The van der Waals surface area contributed by atoms with Gasteiger partial charge >= 0.3 is 0 Å². The molecule has 43 heavy (non-hydrogen) atoms. The van der Waals surface area contributed by atoms with Crippen LogP contribution < -0.4 is 19.1 Å². The second kappa shape index (κ2) is 14.3. The number of nitrogens with zero attached hydrogens (tertiary/aromatic N) is 2. The maximum absolute atomic E-state index is 14.2. The van der Waals surface area contributed by atoms with E-state index in [-0.39, 0.29) is 17.3 Å². The highest BCUT2D eigenvalue weighted by atomic mass is 79.9. The zero-order valence-corrected chi connectivity index (χ0v) is 28.1. The minimum atomic E-state index is -4.23. The lowest BCUT2D eigenvalue weighted by molar-refractivity contribution is -0.141. The van der Waals surface area contributed by atoms with E-state index >= 15 is 0 Å². The highest BCUT2D eigenvalue weighted by Gasteiger charge is 2.35. The summed E-state index contributed by atoms with van der Waals surface area (Å²) in [4.78, 5) is 29.1. The number of nitrogens with one attached hydrogen (secondary N) is 1. The van der Waals surface area contributed by atoms with E-state index < -0.39 is 34.1 Å². The number of hydrogen-bond donors (Lipinski definition) is 1. The number of amides is 2. The standard InChI is InChI=1S/C32H40BrN3O6S/c1-8-28(31(38)34-32(3,4)5)35(20-23-10-9-11-25(18-23)41-6)30(37)21-36(24-14-12-22(2)13-15-24)43(39,40)26-16-17-29(42-7)27(33)19-26/h9-19,28H,8,20-21H2,1-7H3,(H,34,38). The van der Waals surface area contributed by atoms with Gasteiger partial charge < -0.3 is 19.7 Å². The average molecular weight is 675 g/mol. The summed E-state index contributed by atoms with van der Waals surface area (Å²) in [7, 11) is -1.19. The highest BCUT2D eigenvalue weighted by Crippen LogP contribution is 2.31. The molecule has 232 valence electrons. The van der Waals surface area contributed by atoms with Crippen LogP contribution in [0.5, 0.6) is 11.5 Å². The molecule has 0 aromatic heterocycles. The van der Waals surface area contributed by atoms with Gasteiger partial charge in [-0.05, 0) is 98.1 Å². The van der Waals surface area contributed by atoms with E-state index in [1.807, 2.05) is 40.7 Å². The first kappa shape index (κ1) is 33.9. The van der Waals surface area contributed by atoms with Crippen molar-refractivity contribution in [1.29, 1.82) is 0 Å². The summed E-state index contributed by atoms with van der Waals surface area (Å²) >= 11 is 3.37. The lowest BCUT2D eigenvalue weighted by Crippen LogP contribution is -2.55. The van der Waals surface area contributed by atoms with E-state index in [9.17, 15) is 18.0 Å². The number of anilines is 1. The monoisotopic (exact) mass is 673 g/mol. The van der Waals surface area contributed by atoms with Crippen molar-refractivity contribution >= 4 is 43.5 Å². The lowest BCUT2D eigenvalue weighted by Gasteiger charge is -2.35. The van der Waals surface area contributed by atoms with E-state index in [1.54, 1.807) is 55.6 Å². The van der Waals surface area contributed by atoms with Crippen molar-refractivity contribution in [2.75, 3.05) is 25.1 Å². The topological polar surface area (TPSA) is 105 Å². The third-order valence-corrected chi connectivity index (χ3v) is 9.07. The Morgan fingerprint density at radius 1 is 0.977 bits per heavy atom. The Bertz CT molecular complexity index is 1540. The number of ether oxygens (including phenoxy) is 2. The Balaban J connectivity index is 2.10. The van der Waals surface area contributed by atoms with Gasteiger partial charge in [-0.25, -0.2) is 8.42 Å². The Morgan fingerprint density at radius 3 is 2.21 bits per heavy atom. The molecule has 0 bridgehead atoms. The van der Waals surface area contributed by atoms with Gasteiger partial charge in [0.25, 0.3) is 10.0 Å². The molecule has 3 aromatic carbocycles. The SMILES string of the molecule is CCC(C(=O)NC(C)(C)C)N(Cc1cccc(OC)c1)C(=O)CN(c1ccc(C)cc1)S(=O)(=O)c1ccc(OC)c(Br)c1. The Labute approximate surface area is 263 Å². The van der Waals surface area contributed by atoms with Crippen LogP contribution in [0.2, 0.25) is 0 Å². The van der Waals surface area contributed by atoms with E-state index in [2.05, 4.69) is 21.2 Å². The molecule has 0 saturated carbocycles. The molecule has 3 rings (SSSR count). The van der Waals surface area contributed by atoms with Crippen LogP contribution in [-0.2, 0) is 26.2 Å². The average Bonchev–Trinajstić information content (AvgIpc) is 2.95. The molecule has 0 aliphatic heterocycles. The molecule has 1 N–H and O–H groups in total. The van der Waals surface area contributed by atoms with Gasteiger partial charge in [-0.15, -0.1) is 0 Å². The fraction of sp³-hybridized carbons (Fsp3) is 0.375. The minimum absolute atomic E-state index is 0.0228. The zero-order chi connectivity index (χ0) is 31.9. The van der Waals surface area contributed by atoms with E-state index in [4.69, 9.17) is 9.47 Å². The van der Waals surface area contributed by atoms with Crippen molar-refractivity contribution in [2.45, 2.75) is 64.1 Å². The van der Waals surface area contributed by atoms with Crippen molar-refractivity contribution in [3.05, 3.63) is 82.3 Å². The van der Waals surface area contributed by atoms with Crippen LogP contribution in [0, 0.1) is 6.92 Å². The summed E-state index contributed by atoms with van der Waals surface area (Å²) in [6.45, 7) is 8.85. The van der Waals surface area contributed by atoms with Crippen LogP contribution in [0.15, 0.2) is 76.1 Å². The third-order valence-electron chi connectivity index (χ3n) is 6.68. The molecule has 1 atom stereocenters. The molecule has 0 aliphatic rings. The molecular formula is C32H40BrN3O6S. The Morgan fingerprint density at radius 2 is 1.65 bits per heavy atom. The largest absolute Gasteiger partial charge is 0.497 e. The molecule has 0 aliphatic carbocycles. The smallest absolute Gasteiger partial charge is 0.264 e. The molecule has 2 amide bonds. The van der Waals surface area contributed by atoms with Gasteiger partial charge in [0.15, 0.2) is 0 Å². The molecular weight excluding hydrogens is 634 g/mol. The van der Waals surface area contributed by atoms with Gasteiger partial charge in [0, 0.05) is 12.1 Å². The van der Waals surface area contributed by atoms with E-state index in [0.717, 1.165) is 15.4 Å². The maximum atomic E-state index is 14.2. The number of hydrogen-bond acceptors (Lipinski definition) is 6. The van der Waals surface area contributed by atoms with Crippen molar-refractivity contribution < 1.29 is 27.5 Å². The number of aryl methyl sites for hydroxylation is 1. The van der Waals surface area contributed by atoms with Crippen LogP contribution in [-0.4, -0.2) is 57.5 Å².